The van der Waals surface area contributed by atoms with Crippen LogP contribution in [0.25, 0.3) is 0 Å². The molecule has 78 valence electrons. The van der Waals surface area contributed by atoms with Gasteiger partial charge in [-0.15, -0.1) is 0 Å². The zero-order valence-corrected chi connectivity index (χ0v) is 9.34. The minimum atomic E-state index is 0.190. The van der Waals surface area contributed by atoms with Crippen LogP contribution >= 0.6 is 12.6 Å². The number of rotatable bonds is 5. The summed E-state index contributed by atoms with van der Waals surface area (Å²) in [6.07, 6.45) is 0.887. The second-order valence-corrected chi connectivity index (χ2v) is 3.85. The predicted molar refractivity (Wildman–Crippen MR) is 63.1 cm³/mol. The van der Waals surface area contributed by atoms with Gasteiger partial charge >= 0.3 is 0 Å². The monoisotopic (exact) mass is 211 g/mol. The van der Waals surface area contributed by atoms with E-state index in [1.54, 1.807) is 0 Å². The highest BCUT2D eigenvalue weighted by molar-refractivity contribution is 7.80. The van der Waals surface area contributed by atoms with Gasteiger partial charge < -0.3 is 10.5 Å². The van der Waals surface area contributed by atoms with Crippen LogP contribution in [-0.4, -0.2) is 18.4 Å². The van der Waals surface area contributed by atoms with Crippen LogP contribution in [0.3, 0.4) is 0 Å². The van der Waals surface area contributed by atoms with Crippen LogP contribution < -0.4 is 10.5 Å². The first-order chi connectivity index (χ1) is 6.72. The zero-order chi connectivity index (χ0) is 10.4. The minimum Gasteiger partial charge on any atom is -0.493 e. The Labute approximate surface area is 90.9 Å². The standard InChI is InChI=1S/C11H17NOS/c1-9(12)7-10-3-2-4-11(8-10)13-5-6-14/h2-4,8-9,14H,5-7,12H2,1H3. The molecule has 0 heterocycles. The van der Waals surface area contributed by atoms with Gasteiger partial charge in [0.15, 0.2) is 0 Å². The first kappa shape index (κ1) is 11.4. The molecular weight excluding hydrogens is 194 g/mol. The van der Waals surface area contributed by atoms with Gasteiger partial charge in [-0.2, -0.15) is 12.6 Å². The molecule has 1 atom stereocenters. The summed E-state index contributed by atoms with van der Waals surface area (Å²) in [6, 6.07) is 8.23. The van der Waals surface area contributed by atoms with E-state index in [1.807, 2.05) is 25.1 Å². The Bertz CT molecular complexity index is 276. The molecule has 3 heteroatoms. The second kappa shape index (κ2) is 5.94. The second-order valence-electron chi connectivity index (χ2n) is 3.40. The molecule has 1 unspecified atom stereocenters. The van der Waals surface area contributed by atoms with Gasteiger partial charge in [0.05, 0.1) is 6.61 Å². The van der Waals surface area contributed by atoms with E-state index in [9.17, 15) is 0 Å². The van der Waals surface area contributed by atoms with Gasteiger partial charge in [0.1, 0.15) is 5.75 Å². The van der Waals surface area contributed by atoms with Crippen LogP contribution in [0.5, 0.6) is 5.75 Å². The van der Waals surface area contributed by atoms with Gasteiger partial charge in [0, 0.05) is 11.8 Å². The first-order valence-electron chi connectivity index (χ1n) is 4.80. The fourth-order valence-corrected chi connectivity index (χ4v) is 1.39. The zero-order valence-electron chi connectivity index (χ0n) is 8.44. The summed E-state index contributed by atoms with van der Waals surface area (Å²) in [4.78, 5) is 0. The van der Waals surface area contributed by atoms with Crippen LogP contribution in [0.15, 0.2) is 24.3 Å². The van der Waals surface area contributed by atoms with Crippen molar-refractivity contribution in [3.8, 4) is 5.75 Å². The lowest BCUT2D eigenvalue weighted by molar-refractivity contribution is 0.344. The summed E-state index contributed by atoms with van der Waals surface area (Å²) in [5.41, 5.74) is 6.94. The van der Waals surface area contributed by atoms with Crippen molar-refractivity contribution in [1.29, 1.82) is 0 Å². The van der Waals surface area contributed by atoms with Crippen LogP contribution in [0, 0.1) is 0 Å². The van der Waals surface area contributed by atoms with Crippen molar-refractivity contribution in [3.63, 3.8) is 0 Å². The van der Waals surface area contributed by atoms with E-state index in [-0.39, 0.29) is 6.04 Å². The fraction of sp³-hybridized carbons (Fsp3) is 0.455. The van der Waals surface area contributed by atoms with Crippen molar-refractivity contribution in [2.45, 2.75) is 19.4 Å². The Hall–Kier alpha value is -0.670. The van der Waals surface area contributed by atoms with Crippen molar-refractivity contribution in [2.75, 3.05) is 12.4 Å². The lowest BCUT2D eigenvalue weighted by Gasteiger charge is -2.08. The summed E-state index contributed by atoms with van der Waals surface area (Å²) in [6.45, 7) is 2.64. The van der Waals surface area contributed by atoms with E-state index >= 15 is 0 Å². The van der Waals surface area contributed by atoms with Gasteiger partial charge in [0.25, 0.3) is 0 Å². The van der Waals surface area contributed by atoms with Crippen LogP contribution in [0.4, 0.5) is 0 Å². The van der Waals surface area contributed by atoms with E-state index in [0.717, 1.165) is 17.9 Å². The fourth-order valence-electron chi connectivity index (χ4n) is 1.30. The highest BCUT2D eigenvalue weighted by atomic mass is 32.1. The molecule has 0 aliphatic rings. The number of nitrogens with two attached hydrogens (primary N) is 1. The molecule has 0 aromatic heterocycles. The van der Waals surface area contributed by atoms with Crippen molar-refractivity contribution < 1.29 is 4.74 Å². The molecule has 0 spiro atoms. The average molecular weight is 211 g/mol. The maximum Gasteiger partial charge on any atom is 0.119 e. The van der Waals surface area contributed by atoms with Gasteiger partial charge in [-0.3, -0.25) is 0 Å². The highest BCUT2D eigenvalue weighted by Crippen LogP contribution is 2.14. The lowest BCUT2D eigenvalue weighted by Crippen LogP contribution is -2.17. The van der Waals surface area contributed by atoms with E-state index in [4.69, 9.17) is 10.5 Å². The summed E-state index contributed by atoms with van der Waals surface area (Å²) in [7, 11) is 0. The van der Waals surface area contributed by atoms with Crippen molar-refractivity contribution >= 4 is 12.6 Å². The Morgan fingerprint density at radius 1 is 1.50 bits per heavy atom. The summed E-state index contributed by atoms with van der Waals surface area (Å²) < 4.78 is 5.46. The van der Waals surface area contributed by atoms with E-state index in [2.05, 4.69) is 18.7 Å². The van der Waals surface area contributed by atoms with E-state index < -0.39 is 0 Å². The molecule has 0 aliphatic heterocycles. The third kappa shape index (κ3) is 4.03. The topological polar surface area (TPSA) is 35.2 Å². The largest absolute Gasteiger partial charge is 0.493 e. The molecule has 0 saturated carbocycles. The van der Waals surface area contributed by atoms with E-state index in [1.165, 1.54) is 5.56 Å². The average Bonchev–Trinajstić information content (AvgIpc) is 2.14. The van der Waals surface area contributed by atoms with Crippen molar-refractivity contribution in [2.24, 2.45) is 5.73 Å². The van der Waals surface area contributed by atoms with Crippen molar-refractivity contribution in [3.05, 3.63) is 29.8 Å². The number of hydrogen-bond acceptors (Lipinski definition) is 3. The molecule has 0 amide bonds. The molecule has 1 aromatic carbocycles. The Kier molecular flexibility index (Phi) is 4.84. The summed E-state index contributed by atoms with van der Waals surface area (Å²) >= 11 is 4.09. The van der Waals surface area contributed by atoms with Crippen molar-refractivity contribution in [1.82, 2.24) is 0 Å². The number of hydrogen-bond donors (Lipinski definition) is 2. The highest BCUT2D eigenvalue weighted by Gasteiger charge is 1.99. The molecule has 2 nitrogen and oxygen atoms in total. The molecule has 2 N–H and O–H groups in total. The quantitative estimate of drug-likeness (QED) is 0.729. The molecule has 1 aromatic rings. The smallest absolute Gasteiger partial charge is 0.119 e. The third-order valence-electron chi connectivity index (χ3n) is 1.82. The van der Waals surface area contributed by atoms with Gasteiger partial charge in [-0.1, -0.05) is 12.1 Å². The predicted octanol–water partition coefficient (Wildman–Crippen LogP) is 1.88. The molecule has 0 aliphatic carbocycles. The summed E-state index contributed by atoms with van der Waals surface area (Å²) in [5, 5.41) is 0. The Morgan fingerprint density at radius 2 is 2.29 bits per heavy atom. The lowest BCUT2D eigenvalue weighted by atomic mass is 10.1. The minimum absolute atomic E-state index is 0.190. The summed E-state index contributed by atoms with van der Waals surface area (Å²) in [5.74, 6) is 1.63. The maximum atomic E-state index is 5.72. The Balaban J connectivity index is 2.59. The maximum absolute atomic E-state index is 5.72. The van der Waals surface area contributed by atoms with Gasteiger partial charge in [0.2, 0.25) is 0 Å². The third-order valence-corrected chi connectivity index (χ3v) is 2.00. The molecule has 14 heavy (non-hydrogen) atoms. The normalized spacial score (nSPS) is 12.5. The van der Waals surface area contributed by atoms with Gasteiger partial charge in [-0.25, -0.2) is 0 Å². The Morgan fingerprint density at radius 3 is 2.93 bits per heavy atom. The number of benzene rings is 1. The van der Waals surface area contributed by atoms with Crippen LogP contribution in [-0.2, 0) is 6.42 Å². The first-order valence-corrected chi connectivity index (χ1v) is 5.44. The molecule has 0 bridgehead atoms. The molecule has 0 saturated heterocycles. The SMILES string of the molecule is CC(N)Cc1cccc(OCCS)c1. The number of thiol groups is 1. The number of ether oxygens (including phenoxy) is 1. The van der Waals surface area contributed by atoms with Crippen LogP contribution in [0.2, 0.25) is 0 Å². The molecular formula is C11H17NOS. The van der Waals surface area contributed by atoms with Gasteiger partial charge in [-0.05, 0) is 31.0 Å². The molecule has 0 fully saturated rings. The molecule has 0 radical (unpaired) electrons. The molecule has 1 rings (SSSR count). The van der Waals surface area contributed by atoms with Crippen LogP contribution in [0.1, 0.15) is 12.5 Å². The van der Waals surface area contributed by atoms with E-state index in [0.29, 0.717) is 6.61 Å².